The molecule has 0 aliphatic carbocycles. The zero-order chi connectivity index (χ0) is 37.7. The molecule has 0 N–H and O–H groups in total. The van der Waals surface area contributed by atoms with E-state index >= 15 is 0 Å². The average Bonchev–Trinajstić information content (AvgIpc) is 3.82. The van der Waals surface area contributed by atoms with Crippen LogP contribution < -0.4 is 4.90 Å². The first-order valence-corrected chi connectivity index (χ1v) is 20.2. The predicted octanol–water partition coefficient (Wildman–Crippen LogP) is 15.6. The second-order valence-corrected chi connectivity index (χ2v) is 15.6. The fraction of sp³-hybridized carbons (Fsp3) is 0. The van der Waals surface area contributed by atoms with Gasteiger partial charge in [0.2, 0.25) is 0 Å². The minimum absolute atomic E-state index is 1.10. The van der Waals surface area contributed by atoms with Gasteiger partial charge in [-0.1, -0.05) is 140 Å². The van der Waals surface area contributed by atoms with E-state index in [-0.39, 0.29) is 0 Å². The molecule has 0 saturated carbocycles. The first-order valence-electron chi connectivity index (χ1n) is 19.4. The van der Waals surface area contributed by atoms with Crippen molar-refractivity contribution in [3.05, 3.63) is 218 Å². The van der Waals surface area contributed by atoms with Crippen molar-refractivity contribution in [3.63, 3.8) is 0 Å². The highest BCUT2D eigenvalue weighted by Crippen LogP contribution is 2.44. The van der Waals surface area contributed by atoms with Crippen LogP contribution in [-0.2, 0) is 0 Å². The summed E-state index contributed by atoms with van der Waals surface area (Å²) in [6.45, 7) is 0. The average molecular weight is 745 g/mol. The monoisotopic (exact) mass is 744 g/mol. The van der Waals surface area contributed by atoms with Crippen molar-refractivity contribution < 1.29 is 0 Å². The van der Waals surface area contributed by atoms with Crippen LogP contribution in [0.25, 0.3) is 81.0 Å². The summed E-state index contributed by atoms with van der Waals surface area (Å²) >= 11 is 1.86. The Labute approximate surface area is 335 Å². The number of fused-ring (bicyclic) bond motifs is 6. The summed E-state index contributed by atoms with van der Waals surface area (Å²) in [5.74, 6) is 0. The Balaban J connectivity index is 1.13. The maximum Gasteiger partial charge on any atom is 0.0542 e. The first kappa shape index (κ1) is 33.2. The minimum atomic E-state index is 1.10. The van der Waals surface area contributed by atoms with Gasteiger partial charge >= 0.3 is 0 Å². The zero-order valence-corrected chi connectivity index (χ0v) is 31.9. The standard InChI is InChI=1S/C54H36N2S/c1-4-14-37(15-5-1)38-24-28-43(29-25-38)55(50-22-12-10-20-45(50)39-16-6-2-7-17-39)44-30-32-52-48(36-44)47-34-40(26-31-51(47)56(52)42-18-8-3-9-19-42)41-27-33-54-49(35-41)46-21-11-13-23-53(46)57-54/h1-36H. The van der Waals surface area contributed by atoms with Crippen LogP contribution in [0.1, 0.15) is 0 Å². The minimum Gasteiger partial charge on any atom is -0.310 e. The Bertz CT molecular complexity index is 3220. The highest BCUT2D eigenvalue weighted by atomic mass is 32.1. The van der Waals surface area contributed by atoms with Gasteiger partial charge in [-0.2, -0.15) is 0 Å². The van der Waals surface area contributed by atoms with Gasteiger partial charge in [0, 0.05) is 53.6 Å². The Kier molecular flexibility index (Phi) is 8.04. The fourth-order valence-electron chi connectivity index (χ4n) is 8.48. The van der Waals surface area contributed by atoms with E-state index in [4.69, 9.17) is 0 Å². The zero-order valence-electron chi connectivity index (χ0n) is 31.1. The molecule has 11 rings (SSSR count). The highest BCUT2D eigenvalue weighted by Gasteiger charge is 2.21. The lowest BCUT2D eigenvalue weighted by molar-refractivity contribution is 1.18. The number of anilines is 3. The predicted molar refractivity (Wildman–Crippen MR) is 245 cm³/mol. The molecule has 0 spiro atoms. The van der Waals surface area contributed by atoms with Gasteiger partial charge in [-0.15, -0.1) is 11.3 Å². The van der Waals surface area contributed by atoms with Crippen molar-refractivity contribution in [2.24, 2.45) is 0 Å². The molecule has 2 aromatic heterocycles. The van der Waals surface area contributed by atoms with E-state index in [1.165, 1.54) is 75.4 Å². The van der Waals surface area contributed by atoms with Gasteiger partial charge in [-0.25, -0.2) is 0 Å². The summed E-state index contributed by atoms with van der Waals surface area (Å²) in [6.07, 6.45) is 0. The SMILES string of the molecule is c1ccc(-c2ccc(N(c3ccc4c(c3)c3cc(-c5ccc6sc7ccccc7c6c5)ccc3n4-c3ccccc3)c3ccccc3-c3ccccc3)cc2)cc1. The molecule has 0 atom stereocenters. The third-order valence-electron chi connectivity index (χ3n) is 11.2. The molecule has 0 unspecified atom stereocenters. The summed E-state index contributed by atoms with van der Waals surface area (Å²) in [6, 6.07) is 79.4. The van der Waals surface area contributed by atoms with Gasteiger partial charge in [0.05, 0.1) is 16.7 Å². The Morgan fingerprint density at radius 2 is 0.860 bits per heavy atom. The number of rotatable bonds is 7. The molecule has 9 aromatic carbocycles. The van der Waals surface area contributed by atoms with E-state index in [9.17, 15) is 0 Å². The second-order valence-electron chi connectivity index (χ2n) is 14.5. The Morgan fingerprint density at radius 3 is 1.63 bits per heavy atom. The maximum atomic E-state index is 2.42. The van der Waals surface area contributed by atoms with Gasteiger partial charge < -0.3 is 9.47 Å². The number of nitrogens with zero attached hydrogens (tertiary/aromatic N) is 2. The third-order valence-corrected chi connectivity index (χ3v) is 12.3. The van der Waals surface area contributed by atoms with Gasteiger partial charge in [0.15, 0.2) is 0 Å². The Hall–Kier alpha value is -7.20. The van der Waals surface area contributed by atoms with Gasteiger partial charge in [-0.05, 0) is 107 Å². The van der Waals surface area contributed by atoms with Crippen LogP contribution in [0.2, 0.25) is 0 Å². The smallest absolute Gasteiger partial charge is 0.0542 e. The van der Waals surface area contributed by atoms with E-state index in [1.54, 1.807) is 0 Å². The van der Waals surface area contributed by atoms with E-state index < -0.39 is 0 Å². The van der Waals surface area contributed by atoms with Crippen LogP contribution in [0.5, 0.6) is 0 Å². The molecule has 0 saturated heterocycles. The van der Waals surface area contributed by atoms with Crippen LogP contribution in [0.15, 0.2) is 218 Å². The number of hydrogen-bond donors (Lipinski definition) is 0. The molecule has 2 nitrogen and oxygen atoms in total. The molecule has 0 amide bonds. The van der Waals surface area contributed by atoms with Crippen molar-refractivity contribution in [2.45, 2.75) is 0 Å². The molecule has 0 aliphatic heterocycles. The fourth-order valence-corrected chi connectivity index (χ4v) is 9.57. The highest BCUT2D eigenvalue weighted by molar-refractivity contribution is 7.25. The number of para-hydroxylation sites is 2. The molecule has 3 heteroatoms. The molecule has 0 bridgehead atoms. The van der Waals surface area contributed by atoms with E-state index in [1.807, 2.05) is 11.3 Å². The van der Waals surface area contributed by atoms with Crippen LogP contribution in [-0.4, -0.2) is 4.57 Å². The summed E-state index contributed by atoms with van der Waals surface area (Å²) < 4.78 is 5.05. The summed E-state index contributed by atoms with van der Waals surface area (Å²) in [5.41, 5.74) is 14.0. The molecular formula is C54H36N2S. The molecular weight excluding hydrogens is 709 g/mol. The largest absolute Gasteiger partial charge is 0.310 e. The molecule has 2 heterocycles. The van der Waals surface area contributed by atoms with Crippen molar-refractivity contribution >= 4 is 70.4 Å². The van der Waals surface area contributed by atoms with Crippen LogP contribution in [0.4, 0.5) is 17.1 Å². The van der Waals surface area contributed by atoms with E-state index in [0.29, 0.717) is 0 Å². The Morgan fingerprint density at radius 1 is 0.333 bits per heavy atom. The molecule has 11 aromatic rings. The van der Waals surface area contributed by atoms with Crippen LogP contribution in [0, 0.1) is 0 Å². The maximum absolute atomic E-state index is 2.42. The van der Waals surface area contributed by atoms with Gasteiger partial charge in [-0.3, -0.25) is 0 Å². The lowest BCUT2D eigenvalue weighted by Gasteiger charge is -2.28. The second kappa shape index (κ2) is 13.8. The number of hydrogen-bond acceptors (Lipinski definition) is 2. The van der Waals surface area contributed by atoms with E-state index in [0.717, 1.165) is 22.7 Å². The quantitative estimate of drug-likeness (QED) is 0.158. The van der Waals surface area contributed by atoms with Crippen molar-refractivity contribution in [2.75, 3.05) is 4.90 Å². The lowest BCUT2D eigenvalue weighted by Crippen LogP contribution is -2.11. The van der Waals surface area contributed by atoms with Gasteiger partial charge in [0.25, 0.3) is 0 Å². The van der Waals surface area contributed by atoms with Crippen molar-refractivity contribution in [1.29, 1.82) is 0 Å². The molecule has 0 fully saturated rings. The normalized spacial score (nSPS) is 11.5. The first-order chi connectivity index (χ1) is 28.3. The number of aromatic nitrogens is 1. The summed E-state index contributed by atoms with van der Waals surface area (Å²) in [5, 5.41) is 5.06. The van der Waals surface area contributed by atoms with Crippen LogP contribution in [0.3, 0.4) is 0 Å². The summed E-state index contributed by atoms with van der Waals surface area (Å²) in [4.78, 5) is 2.42. The van der Waals surface area contributed by atoms with E-state index in [2.05, 4.69) is 228 Å². The van der Waals surface area contributed by atoms with Crippen molar-refractivity contribution in [1.82, 2.24) is 4.57 Å². The number of benzene rings is 9. The van der Waals surface area contributed by atoms with Crippen LogP contribution >= 0.6 is 11.3 Å². The van der Waals surface area contributed by atoms with Gasteiger partial charge in [0.1, 0.15) is 0 Å². The molecule has 0 radical (unpaired) electrons. The third kappa shape index (κ3) is 5.80. The van der Waals surface area contributed by atoms with Crippen molar-refractivity contribution in [3.8, 4) is 39.1 Å². The molecule has 268 valence electrons. The molecule has 0 aliphatic rings. The summed E-state index contributed by atoms with van der Waals surface area (Å²) in [7, 11) is 0. The number of thiophene rings is 1. The topological polar surface area (TPSA) is 8.17 Å². The molecule has 57 heavy (non-hydrogen) atoms. The lowest BCUT2D eigenvalue weighted by atomic mass is 9.99.